The second kappa shape index (κ2) is 6.71. The summed E-state index contributed by atoms with van der Waals surface area (Å²) in [5, 5.41) is 0. The molecule has 2 aromatic carbocycles. The summed E-state index contributed by atoms with van der Waals surface area (Å²) in [4.78, 5) is 0.246. The highest BCUT2D eigenvalue weighted by molar-refractivity contribution is 9.09. The molecule has 2 rings (SSSR count). The Morgan fingerprint density at radius 2 is 1.68 bits per heavy atom. The molecule has 0 fully saturated rings. The lowest BCUT2D eigenvalue weighted by Gasteiger charge is -2.10. The number of halogens is 2. The normalized spacial score (nSPS) is 12.2. The average molecular weight is 323 g/mol. The minimum absolute atomic E-state index is 0.196. The Morgan fingerprint density at radius 1 is 1.05 bits per heavy atom. The topological polar surface area (TPSA) is 9.23 Å². The minimum Gasteiger partial charge on any atom is -0.497 e. The largest absolute Gasteiger partial charge is 0.497 e. The van der Waals surface area contributed by atoms with Crippen LogP contribution in [0.3, 0.4) is 0 Å². The van der Waals surface area contributed by atoms with Gasteiger partial charge in [0.05, 0.1) is 7.11 Å². The molecule has 2 aromatic rings. The summed E-state index contributed by atoms with van der Waals surface area (Å²) in [5.74, 6) is 0.677. The summed E-state index contributed by atoms with van der Waals surface area (Å²) in [7, 11) is 1.66. The van der Waals surface area contributed by atoms with Crippen molar-refractivity contribution in [1.29, 1.82) is 0 Å². The van der Waals surface area contributed by atoms with Crippen molar-refractivity contribution in [3.8, 4) is 5.75 Å². The zero-order valence-corrected chi connectivity index (χ0v) is 12.4. The van der Waals surface area contributed by atoms with Gasteiger partial charge in [-0.3, -0.25) is 0 Å². The first-order chi connectivity index (χ1) is 9.19. The smallest absolute Gasteiger partial charge is 0.123 e. The van der Waals surface area contributed by atoms with E-state index < -0.39 is 0 Å². The van der Waals surface area contributed by atoms with Gasteiger partial charge in [0, 0.05) is 4.83 Å². The van der Waals surface area contributed by atoms with E-state index in [0.29, 0.717) is 0 Å². The van der Waals surface area contributed by atoms with Gasteiger partial charge < -0.3 is 4.74 Å². The van der Waals surface area contributed by atoms with Crippen molar-refractivity contribution in [2.24, 2.45) is 0 Å². The molecule has 100 valence electrons. The molecule has 19 heavy (non-hydrogen) atoms. The van der Waals surface area contributed by atoms with Crippen LogP contribution in [0, 0.1) is 5.82 Å². The predicted octanol–water partition coefficient (Wildman–Crippen LogP) is 4.90. The Labute approximate surface area is 121 Å². The van der Waals surface area contributed by atoms with Gasteiger partial charge in [-0.1, -0.05) is 40.2 Å². The van der Waals surface area contributed by atoms with Gasteiger partial charge in [-0.15, -0.1) is 0 Å². The number of alkyl halides is 1. The average Bonchev–Trinajstić information content (AvgIpc) is 2.46. The molecule has 0 aromatic heterocycles. The fourth-order valence-corrected chi connectivity index (χ4v) is 2.46. The van der Waals surface area contributed by atoms with Crippen LogP contribution in [0.5, 0.6) is 5.75 Å². The van der Waals surface area contributed by atoms with Crippen molar-refractivity contribution in [3.05, 3.63) is 65.5 Å². The van der Waals surface area contributed by atoms with Gasteiger partial charge in [-0.2, -0.15) is 0 Å². The van der Waals surface area contributed by atoms with E-state index in [-0.39, 0.29) is 10.6 Å². The fourth-order valence-electron chi connectivity index (χ4n) is 1.92. The highest BCUT2D eigenvalue weighted by Gasteiger charge is 2.07. The first-order valence-electron chi connectivity index (χ1n) is 6.21. The maximum atomic E-state index is 12.8. The SMILES string of the molecule is COc1ccc(CCC(Br)c2ccc(F)cc2)cc1. The molecule has 3 heteroatoms. The monoisotopic (exact) mass is 322 g/mol. The molecule has 1 atom stereocenters. The van der Waals surface area contributed by atoms with E-state index >= 15 is 0 Å². The lowest BCUT2D eigenvalue weighted by atomic mass is 10.0. The molecule has 1 unspecified atom stereocenters. The molecule has 0 aliphatic heterocycles. The molecule has 0 spiro atoms. The zero-order valence-electron chi connectivity index (χ0n) is 10.8. The standard InChI is InChI=1S/C16H16BrFO/c1-19-15-9-2-12(3-10-15)4-11-16(17)13-5-7-14(18)8-6-13/h2-3,5-10,16H,4,11H2,1H3. The van der Waals surface area contributed by atoms with Gasteiger partial charge in [-0.25, -0.2) is 4.39 Å². The molecule has 0 aliphatic carbocycles. The Bertz CT molecular complexity index is 507. The quantitative estimate of drug-likeness (QED) is 0.711. The van der Waals surface area contributed by atoms with E-state index in [0.717, 1.165) is 24.2 Å². The lowest BCUT2D eigenvalue weighted by molar-refractivity contribution is 0.414. The summed E-state index contributed by atoms with van der Waals surface area (Å²) in [6.45, 7) is 0. The molecule has 0 heterocycles. The molecule has 0 N–H and O–H groups in total. The van der Waals surface area contributed by atoms with E-state index in [9.17, 15) is 4.39 Å². The third-order valence-corrected chi connectivity index (χ3v) is 4.06. The molecular formula is C16H16BrFO. The predicted molar refractivity (Wildman–Crippen MR) is 79.4 cm³/mol. The number of benzene rings is 2. The number of rotatable bonds is 5. The second-order valence-electron chi connectivity index (χ2n) is 4.41. The fraction of sp³-hybridized carbons (Fsp3) is 0.250. The molecule has 0 aliphatic rings. The maximum Gasteiger partial charge on any atom is 0.123 e. The molecule has 1 nitrogen and oxygen atoms in total. The molecule has 0 amide bonds. The molecule has 0 bridgehead atoms. The summed E-state index contributed by atoms with van der Waals surface area (Å²) < 4.78 is 18.0. The third-order valence-electron chi connectivity index (χ3n) is 3.08. The summed E-state index contributed by atoms with van der Waals surface area (Å²) >= 11 is 3.65. The van der Waals surface area contributed by atoms with Crippen LogP contribution in [0.2, 0.25) is 0 Å². The van der Waals surface area contributed by atoms with Crippen LogP contribution >= 0.6 is 15.9 Å². The van der Waals surface area contributed by atoms with Crippen LogP contribution in [-0.2, 0) is 6.42 Å². The number of hydrogen-bond donors (Lipinski definition) is 0. The first kappa shape index (κ1) is 14.1. The van der Waals surface area contributed by atoms with Crippen molar-refractivity contribution >= 4 is 15.9 Å². The molecule has 0 radical (unpaired) electrons. The minimum atomic E-state index is -0.196. The number of ether oxygens (including phenoxy) is 1. The van der Waals surface area contributed by atoms with E-state index in [1.807, 2.05) is 24.3 Å². The van der Waals surface area contributed by atoms with Crippen LogP contribution in [0.15, 0.2) is 48.5 Å². The Kier molecular flexibility index (Phi) is 4.97. The maximum absolute atomic E-state index is 12.8. The van der Waals surface area contributed by atoms with E-state index in [2.05, 4.69) is 28.1 Å². The van der Waals surface area contributed by atoms with Gasteiger partial charge in [0.15, 0.2) is 0 Å². The Hall–Kier alpha value is -1.35. The van der Waals surface area contributed by atoms with E-state index in [4.69, 9.17) is 4.74 Å². The summed E-state index contributed by atoms with van der Waals surface area (Å²) in [5.41, 5.74) is 2.38. The van der Waals surface area contributed by atoms with Crippen molar-refractivity contribution < 1.29 is 9.13 Å². The Balaban J connectivity index is 1.92. The van der Waals surface area contributed by atoms with Gasteiger partial charge in [0.2, 0.25) is 0 Å². The van der Waals surface area contributed by atoms with Crippen LogP contribution in [0.25, 0.3) is 0 Å². The van der Waals surface area contributed by atoms with Gasteiger partial charge in [0.1, 0.15) is 11.6 Å². The molecular weight excluding hydrogens is 307 g/mol. The van der Waals surface area contributed by atoms with Gasteiger partial charge >= 0.3 is 0 Å². The van der Waals surface area contributed by atoms with E-state index in [1.54, 1.807) is 7.11 Å². The molecule has 0 saturated carbocycles. The number of methoxy groups -OCH3 is 1. The Morgan fingerprint density at radius 3 is 2.26 bits per heavy atom. The van der Waals surface area contributed by atoms with Crippen molar-refractivity contribution in [2.75, 3.05) is 7.11 Å². The zero-order chi connectivity index (χ0) is 13.7. The van der Waals surface area contributed by atoms with Crippen LogP contribution < -0.4 is 4.74 Å². The number of hydrogen-bond acceptors (Lipinski definition) is 1. The highest BCUT2D eigenvalue weighted by Crippen LogP contribution is 2.28. The van der Waals surface area contributed by atoms with E-state index in [1.165, 1.54) is 17.7 Å². The third kappa shape index (κ3) is 4.06. The highest BCUT2D eigenvalue weighted by atomic mass is 79.9. The van der Waals surface area contributed by atoms with Crippen LogP contribution in [-0.4, -0.2) is 7.11 Å². The van der Waals surface area contributed by atoms with Crippen molar-refractivity contribution in [2.45, 2.75) is 17.7 Å². The number of aryl methyl sites for hydroxylation is 1. The van der Waals surface area contributed by atoms with Crippen LogP contribution in [0.4, 0.5) is 4.39 Å². The van der Waals surface area contributed by atoms with Gasteiger partial charge in [0.25, 0.3) is 0 Å². The second-order valence-corrected chi connectivity index (χ2v) is 5.51. The van der Waals surface area contributed by atoms with Crippen molar-refractivity contribution in [3.63, 3.8) is 0 Å². The van der Waals surface area contributed by atoms with Crippen LogP contribution in [0.1, 0.15) is 22.4 Å². The van der Waals surface area contributed by atoms with Gasteiger partial charge in [-0.05, 0) is 48.2 Å². The summed E-state index contributed by atoms with van der Waals surface area (Å²) in [6.07, 6.45) is 1.94. The lowest BCUT2D eigenvalue weighted by Crippen LogP contribution is -1.94. The summed E-state index contributed by atoms with van der Waals surface area (Å²) in [6, 6.07) is 14.7. The van der Waals surface area contributed by atoms with Crippen molar-refractivity contribution in [1.82, 2.24) is 0 Å². The molecule has 0 saturated heterocycles. The first-order valence-corrected chi connectivity index (χ1v) is 7.13.